The number of ether oxygens (including phenoxy) is 1. The molecule has 0 aromatic carbocycles. The molecule has 1 saturated carbocycles. The molecule has 0 atom stereocenters. The second-order valence-electron chi connectivity index (χ2n) is 4.39. The van der Waals surface area contributed by atoms with Crippen LogP contribution in [-0.2, 0) is 11.2 Å². The number of rotatable bonds is 4. The minimum absolute atomic E-state index is 0.350. The highest BCUT2D eigenvalue weighted by atomic mass is 32.1. The van der Waals surface area contributed by atoms with Crippen molar-refractivity contribution in [2.45, 2.75) is 19.3 Å². The molecule has 2 aromatic rings. The largest absolute Gasteiger partial charge is 0.464 e. The fraction of sp³-hybridized carbons (Fsp3) is 0.417. The summed E-state index contributed by atoms with van der Waals surface area (Å²) in [5, 5.41) is 6.99. The molecule has 0 bridgehead atoms. The number of aromatic nitrogens is 3. The molecule has 6 heteroatoms. The van der Waals surface area contributed by atoms with Crippen molar-refractivity contribution in [3.8, 4) is 5.13 Å². The summed E-state index contributed by atoms with van der Waals surface area (Å²) < 4.78 is 6.47. The highest BCUT2D eigenvalue weighted by Gasteiger charge is 2.25. The van der Waals surface area contributed by atoms with E-state index < -0.39 is 5.97 Å². The van der Waals surface area contributed by atoms with Crippen LogP contribution < -0.4 is 0 Å². The Bertz CT molecular complexity index is 558. The normalized spacial score (nSPS) is 14.7. The Morgan fingerprint density at radius 2 is 2.44 bits per heavy atom. The molecule has 1 aliphatic rings. The maximum atomic E-state index is 11.5. The van der Waals surface area contributed by atoms with E-state index in [1.165, 1.54) is 31.3 Å². The molecule has 0 aliphatic heterocycles. The third-order valence-electron chi connectivity index (χ3n) is 2.97. The van der Waals surface area contributed by atoms with E-state index in [9.17, 15) is 4.79 Å². The van der Waals surface area contributed by atoms with E-state index in [1.54, 1.807) is 10.9 Å². The van der Waals surface area contributed by atoms with E-state index in [0.717, 1.165) is 23.2 Å². The Hall–Kier alpha value is -1.69. The second-order valence-corrected chi connectivity index (χ2v) is 5.26. The minimum atomic E-state index is -0.401. The topological polar surface area (TPSA) is 57.0 Å². The van der Waals surface area contributed by atoms with Crippen LogP contribution in [0.25, 0.3) is 5.13 Å². The van der Waals surface area contributed by atoms with Gasteiger partial charge in [0.1, 0.15) is 0 Å². The molecule has 0 saturated heterocycles. The number of hydrogen-bond donors (Lipinski definition) is 0. The summed E-state index contributed by atoms with van der Waals surface area (Å²) in [6, 6.07) is 1.81. The van der Waals surface area contributed by atoms with Crippen molar-refractivity contribution in [2.75, 3.05) is 7.11 Å². The van der Waals surface area contributed by atoms with Gasteiger partial charge in [-0.2, -0.15) is 5.10 Å². The molecule has 3 rings (SSSR count). The predicted octanol–water partition coefficient (Wildman–Crippen LogP) is 2.07. The monoisotopic (exact) mass is 263 g/mol. The SMILES string of the molecule is COC(=O)c1cc(CC2CC2)n(-c2nccs2)n1. The molecule has 18 heavy (non-hydrogen) atoms. The molecular weight excluding hydrogens is 250 g/mol. The highest BCUT2D eigenvalue weighted by Crippen LogP contribution is 2.33. The standard InChI is InChI=1S/C12H13N3O2S/c1-17-11(16)10-7-9(6-8-2-3-8)15(14-10)12-13-4-5-18-12/h4-5,7-8H,2-3,6H2,1H3. The van der Waals surface area contributed by atoms with Crippen LogP contribution in [-0.4, -0.2) is 27.8 Å². The number of nitrogens with zero attached hydrogens (tertiary/aromatic N) is 3. The number of methoxy groups -OCH3 is 1. The molecule has 1 fully saturated rings. The van der Waals surface area contributed by atoms with Gasteiger partial charge in [-0.3, -0.25) is 0 Å². The van der Waals surface area contributed by atoms with Gasteiger partial charge in [0.15, 0.2) is 5.69 Å². The number of carbonyl (C=O) groups is 1. The van der Waals surface area contributed by atoms with Gasteiger partial charge in [-0.05, 0) is 31.2 Å². The summed E-state index contributed by atoms with van der Waals surface area (Å²) in [7, 11) is 1.37. The van der Waals surface area contributed by atoms with Crippen LogP contribution in [0, 0.1) is 5.92 Å². The van der Waals surface area contributed by atoms with Gasteiger partial charge in [-0.25, -0.2) is 14.5 Å². The zero-order valence-corrected chi connectivity index (χ0v) is 10.8. The summed E-state index contributed by atoms with van der Waals surface area (Å²) in [6.07, 6.45) is 5.21. The average molecular weight is 263 g/mol. The maximum absolute atomic E-state index is 11.5. The summed E-state index contributed by atoms with van der Waals surface area (Å²) in [6.45, 7) is 0. The number of carbonyl (C=O) groups excluding carboxylic acids is 1. The molecular formula is C12H13N3O2S. The van der Waals surface area contributed by atoms with Crippen LogP contribution >= 0.6 is 11.3 Å². The Morgan fingerprint density at radius 1 is 1.61 bits per heavy atom. The van der Waals surface area contributed by atoms with Crippen molar-refractivity contribution >= 4 is 17.3 Å². The lowest BCUT2D eigenvalue weighted by atomic mass is 10.2. The third kappa shape index (κ3) is 2.15. The number of thiazole rings is 1. The lowest BCUT2D eigenvalue weighted by Gasteiger charge is -2.01. The predicted molar refractivity (Wildman–Crippen MR) is 67.0 cm³/mol. The molecule has 94 valence electrons. The smallest absolute Gasteiger partial charge is 0.358 e. The minimum Gasteiger partial charge on any atom is -0.464 e. The van der Waals surface area contributed by atoms with Gasteiger partial charge in [-0.1, -0.05) is 0 Å². The Morgan fingerprint density at radius 3 is 3.06 bits per heavy atom. The Balaban J connectivity index is 1.98. The first-order chi connectivity index (χ1) is 8.78. The first-order valence-electron chi connectivity index (χ1n) is 5.85. The fourth-order valence-corrected chi connectivity index (χ4v) is 2.50. The molecule has 1 aliphatic carbocycles. The van der Waals surface area contributed by atoms with Gasteiger partial charge < -0.3 is 4.74 Å². The van der Waals surface area contributed by atoms with Crippen molar-refractivity contribution in [3.05, 3.63) is 29.0 Å². The molecule has 0 N–H and O–H groups in total. The van der Waals surface area contributed by atoms with Crippen LogP contribution in [0.15, 0.2) is 17.6 Å². The summed E-state index contributed by atoms with van der Waals surface area (Å²) >= 11 is 1.51. The lowest BCUT2D eigenvalue weighted by molar-refractivity contribution is 0.0593. The van der Waals surface area contributed by atoms with Gasteiger partial charge in [0.25, 0.3) is 0 Å². The summed E-state index contributed by atoms with van der Waals surface area (Å²) in [5.41, 5.74) is 1.39. The Labute approximate surface area is 108 Å². The molecule has 2 aromatic heterocycles. The fourth-order valence-electron chi connectivity index (χ4n) is 1.87. The molecule has 0 spiro atoms. The van der Waals surface area contributed by atoms with E-state index in [4.69, 9.17) is 4.74 Å². The van der Waals surface area contributed by atoms with E-state index in [1.807, 2.05) is 11.4 Å². The number of esters is 1. The lowest BCUT2D eigenvalue weighted by Crippen LogP contribution is -2.05. The van der Waals surface area contributed by atoms with Gasteiger partial charge in [0.05, 0.1) is 7.11 Å². The van der Waals surface area contributed by atoms with Crippen LogP contribution in [0.4, 0.5) is 0 Å². The number of hydrogen-bond acceptors (Lipinski definition) is 5. The zero-order valence-electron chi connectivity index (χ0n) is 10.00. The zero-order chi connectivity index (χ0) is 12.5. The van der Waals surface area contributed by atoms with E-state index >= 15 is 0 Å². The molecule has 2 heterocycles. The van der Waals surface area contributed by atoms with Crippen molar-refractivity contribution < 1.29 is 9.53 Å². The Kier molecular flexibility index (Phi) is 2.87. The van der Waals surface area contributed by atoms with Gasteiger partial charge in [-0.15, -0.1) is 11.3 Å². The van der Waals surface area contributed by atoms with Crippen molar-refractivity contribution in [1.29, 1.82) is 0 Å². The van der Waals surface area contributed by atoms with E-state index in [0.29, 0.717) is 5.69 Å². The molecule has 0 radical (unpaired) electrons. The second kappa shape index (κ2) is 4.53. The first-order valence-corrected chi connectivity index (χ1v) is 6.73. The van der Waals surface area contributed by atoms with Crippen LogP contribution in [0.3, 0.4) is 0 Å². The third-order valence-corrected chi connectivity index (χ3v) is 3.72. The first kappa shape index (κ1) is 11.4. The van der Waals surface area contributed by atoms with Gasteiger partial charge >= 0.3 is 5.97 Å². The summed E-state index contributed by atoms with van der Waals surface area (Å²) in [5.74, 6) is 0.327. The average Bonchev–Trinajstić information content (AvgIpc) is 2.89. The molecule has 0 unspecified atom stereocenters. The van der Waals surface area contributed by atoms with Crippen molar-refractivity contribution in [2.24, 2.45) is 5.92 Å². The van der Waals surface area contributed by atoms with Crippen LogP contribution in [0.1, 0.15) is 29.0 Å². The van der Waals surface area contributed by atoms with Crippen LogP contribution in [0.2, 0.25) is 0 Å². The van der Waals surface area contributed by atoms with E-state index in [2.05, 4.69) is 10.1 Å². The van der Waals surface area contributed by atoms with Gasteiger partial charge in [0.2, 0.25) is 5.13 Å². The van der Waals surface area contributed by atoms with Crippen LogP contribution in [0.5, 0.6) is 0 Å². The van der Waals surface area contributed by atoms with Gasteiger partial charge in [0, 0.05) is 17.3 Å². The van der Waals surface area contributed by atoms with Crippen molar-refractivity contribution in [3.63, 3.8) is 0 Å². The maximum Gasteiger partial charge on any atom is 0.358 e. The summed E-state index contributed by atoms with van der Waals surface area (Å²) in [4.78, 5) is 15.8. The molecule has 5 nitrogen and oxygen atoms in total. The van der Waals surface area contributed by atoms with Crippen molar-refractivity contribution in [1.82, 2.24) is 14.8 Å². The van der Waals surface area contributed by atoms with E-state index in [-0.39, 0.29) is 0 Å². The molecule has 0 amide bonds. The highest BCUT2D eigenvalue weighted by molar-refractivity contribution is 7.12. The quantitative estimate of drug-likeness (QED) is 0.792.